The third kappa shape index (κ3) is 4.57. The zero-order chi connectivity index (χ0) is 30.5. The van der Waals surface area contributed by atoms with Crippen LogP contribution in [0.25, 0.3) is 0 Å². The number of aliphatic imine (C=N–C) groups is 2. The van der Waals surface area contributed by atoms with Gasteiger partial charge in [0.15, 0.2) is 0 Å². The summed E-state index contributed by atoms with van der Waals surface area (Å²) >= 11 is 0. The monoisotopic (exact) mass is 624 g/mol. The Hall–Kier alpha value is -2.13. The normalized spacial score (nSPS) is 21.5. The summed E-state index contributed by atoms with van der Waals surface area (Å²) in [4.78, 5) is 22.4. The molecule has 5 heterocycles. The first-order valence-electron chi connectivity index (χ1n) is 17.0. The standard InChI is InChI=1S/C38H54N4.Ni/c1-11-35(12-2)27-19-21-29(39-27)37(15-5,16-6)34-26(10)24-32(42-34)36(13-3,14-4)28-20-22-30(40-28)38(17-7,18-8)33-25(9)23-31(35)41-33;/h19-22H,11-18,23-24H2,1-10H3;/q-2;+2. The Morgan fingerprint density at radius 1 is 0.488 bits per heavy atom. The first-order chi connectivity index (χ1) is 20.1. The smallest absolute Gasteiger partial charge is 0.663 e. The van der Waals surface area contributed by atoms with Crippen molar-refractivity contribution in [3.05, 3.63) is 69.6 Å². The third-order valence-corrected chi connectivity index (χ3v) is 12.2. The van der Waals surface area contributed by atoms with Gasteiger partial charge in [-0.2, -0.15) is 0 Å². The zero-order valence-corrected chi connectivity index (χ0v) is 29.5. The summed E-state index contributed by atoms with van der Waals surface area (Å²) in [6.07, 6.45) is 9.77. The predicted octanol–water partition coefficient (Wildman–Crippen LogP) is 9.78. The minimum Gasteiger partial charge on any atom is -0.663 e. The van der Waals surface area contributed by atoms with E-state index < -0.39 is 0 Å². The van der Waals surface area contributed by atoms with Crippen LogP contribution < -0.4 is 9.97 Å². The van der Waals surface area contributed by atoms with Crippen molar-refractivity contribution in [2.45, 2.75) is 155 Å². The van der Waals surface area contributed by atoms with E-state index in [4.69, 9.17) is 20.0 Å². The molecule has 0 unspecified atom stereocenters. The first-order valence-corrected chi connectivity index (χ1v) is 17.0. The fourth-order valence-electron chi connectivity index (χ4n) is 9.06. The van der Waals surface area contributed by atoms with Crippen LogP contribution >= 0.6 is 0 Å². The molecule has 0 spiro atoms. The Labute approximate surface area is 271 Å². The number of rotatable bonds is 8. The summed E-state index contributed by atoms with van der Waals surface area (Å²) in [7, 11) is 0. The number of hydrogen-bond donors (Lipinski definition) is 0. The van der Waals surface area contributed by atoms with Crippen molar-refractivity contribution in [2.75, 3.05) is 0 Å². The molecule has 0 N–H and O–H groups in total. The van der Waals surface area contributed by atoms with E-state index >= 15 is 0 Å². The van der Waals surface area contributed by atoms with Gasteiger partial charge in [0.2, 0.25) is 0 Å². The Balaban J connectivity index is 0.00000423. The Morgan fingerprint density at radius 2 is 0.744 bits per heavy atom. The van der Waals surface area contributed by atoms with Crippen molar-refractivity contribution in [1.29, 1.82) is 0 Å². The van der Waals surface area contributed by atoms with Crippen LogP contribution in [0, 0.1) is 0 Å². The zero-order valence-electron chi connectivity index (χ0n) is 28.5. The number of fused-ring (bicyclic) bond motifs is 6. The van der Waals surface area contributed by atoms with E-state index in [0.29, 0.717) is 0 Å². The largest absolute Gasteiger partial charge is 2.00 e. The van der Waals surface area contributed by atoms with Gasteiger partial charge in [-0.05, 0) is 76.4 Å². The molecule has 8 bridgehead atoms. The average molecular weight is 626 g/mol. The van der Waals surface area contributed by atoms with Gasteiger partial charge in [-0.3, -0.25) is 9.98 Å². The van der Waals surface area contributed by atoms with E-state index in [-0.39, 0.29) is 38.2 Å². The Kier molecular flexibility index (Phi) is 9.69. The van der Waals surface area contributed by atoms with Gasteiger partial charge in [0.25, 0.3) is 0 Å². The summed E-state index contributed by atoms with van der Waals surface area (Å²) < 4.78 is 0. The molecule has 0 atom stereocenters. The second-order valence-electron chi connectivity index (χ2n) is 13.3. The molecule has 236 valence electrons. The molecule has 2 aromatic heterocycles. The molecule has 3 aliphatic heterocycles. The second-order valence-corrected chi connectivity index (χ2v) is 13.3. The van der Waals surface area contributed by atoms with Crippen LogP contribution in [0.1, 0.15) is 156 Å². The third-order valence-electron chi connectivity index (χ3n) is 12.2. The van der Waals surface area contributed by atoms with Crippen molar-refractivity contribution in [3.63, 3.8) is 0 Å². The molecule has 5 rings (SSSR count). The van der Waals surface area contributed by atoms with E-state index in [1.165, 1.54) is 56.7 Å². The molecule has 0 saturated carbocycles. The second kappa shape index (κ2) is 12.3. The van der Waals surface area contributed by atoms with Gasteiger partial charge in [0.1, 0.15) is 0 Å². The Bertz CT molecular complexity index is 1330. The first kappa shape index (κ1) is 33.8. The van der Waals surface area contributed by atoms with Crippen LogP contribution in [0.5, 0.6) is 0 Å². The molecular formula is C38H54N4Ni. The van der Waals surface area contributed by atoms with E-state index in [1.807, 2.05) is 0 Å². The van der Waals surface area contributed by atoms with Gasteiger partial charge in [0.05, 0.1) is 0 Å². The van der Waals surface area contributed by atoms with Gasteiger partial charge in [-0.15, -0.1) is 22.8 Å². The Morgan fingerprint density at radius 3 is 1.00 bits per heavy atom. The van der Waals surface area contributed by atoms with Crippen LogP contribution in [0.2, 0.25) is 0 Å². The average Bonchev–Trinajstić information content (AvgIpc) is 3.83. The minimum atomic E-state index is -0.192. The van der Waals surface area contributed by atoms with Crippen molar-refractivity contribution < 1.29 is 16.5 Å². The fourth-order valence-corrected chi connectivity index (χ4v) is 9.06. The molecule has 5 heteroatoms. The fraction of sp³-hybridized carbons (Fsp3) is 0.632. The van der Waals surface area contributed by atoms with Crippen molar-refractivity contribution in [3.8, 4) is 0 Å². The van der Waals surface area contributed by atoms with Crippen molar-refractivity contribution in [2.24, 2.45) is 9.98 Å². The SMILES string of the molecule is CCC1(CC)C2=NC(=C(C)C2)C(CC)(CC)c2ccc([n-]2)C(CC)(CC)C2=NC(=C(C)C2)C(CC)(CC)c2ccc1[n-]2.[Ni+2]. The molecular weight excluding hydrogens is 571 g/mol. The van der Waals surface area contributed by atoms with Crippen LogP contribution in [0.3, 0.4) is 0 Å². The van der Waals surface area contributed by atoms with Crippen molar-refractivity contribution in [1.82, 2.24) is 9.97 Å². The molecule has 0 aliphatic carbocycles. The number of allylic oxidation sites excluding steroid dienone is 4. The van der Waals surface area contributed by atoms with Crippen LogP contribution in [-0.4, -0.2) is 11.4 Å². The summed E-state index contributed by atoms with van der Waals surface area (Å²) in [6, 6.07) is 9.30. The van der Waals surface area contributed by atoms with Crippen LogP contribution in [0.4, 0.5) is 0 Å². The number of hydrogen-bond acceptors (Lipinski definition) is 2. The molecule has 0 aromatic carbocycles. The van der Waals surface area contributed by atoms with Gasteiger partial charge in [0, 0.05) is 57.3 Å². The summed E-state index contributed by atoms with van der Waals surface area (Å²) in [6.45, 7) is 23.2. The summed E-state index contributed by atoms with van der Waals surface area (Å²) in [5.41, 5.74) is 11.9. The maximum Gasteiger partial charge on any atom is 2.00 e. The van der Waals surface area contributed by atoms with Crippen LogP contribution in [-0.2, 0) is 38.2 Å². The number of aromatic nitrogens is 2. The topological polar surface area (TPSA) is 52.9 Å². The molecule has 2 aromatic rings. The van der Waals surface area contributed by atoms with E-state index in [0.717, 1.165) is 64.2 Å². The minimum absolute atomic E-state index is 0. The predicted molar refractivity (Wildman–Crippen MR) is 178 cm³/mol. The summed E-state index contributed by atoms with van der Waals surface area (Å²) in [5, 5.41) is 0. The maximum absolute atomic E-state index is 5.65. The molecule has 43 heavy (non-hydrogen) atoms. The molecule has 0 amide bonds. The van der Waals surface area contributed by atoms with E-state index in [1.54, 1.807) is 0 Å². The molecule has 3 aliphatic rings. The van der Waals surface area contributed by atoms with E-state index in [2.05, 4.69) is 93.5 Å². The molecule has 0 radical (unpaired) electrons. The van der Waals surface area contributed by atoms with Gasteiger partial charge < -0.3 is 9.97 Å². The van der Waals surface area contributed by atoms with Crippen LogP contribution in [0.15, 0.2) is 56.8 Å². The quantitative estimate of drug-likeness (QED) is 0.274. The maximum atomic E-state index is 5.65. The number of nitrogens with zero attached hydrogens (tertiary/aromatic N) is 4. The van der Waals surface area contributed by atoms with Gasteiger partial charge in [-0.1, -0.05) is 79.7 Å². The summed E-state index contributed by atoms with van der Waals surface area (Å²) in [5.74, 6) is 0. The van der Waals surface area contributed by atoms with Gasteiger partial charge in [-0.25, -0.2) is 0 Å². The molecule has 0 saturated heterocycles. The van der Waals surface area contributed by atoms with Gasteiger partial charge >= 0.3 is 16.5 Å². The molecule has 4 nitrogen and oxygen atoms in total. The van der Waals surface area contributed by atoms with Crippen molar-refractivity contribution >= 4 is 11.4 Å². The molecule has 0 fully saturated rings. The van der Waals surface area contributed by atoms with E-state index in [9.17, 15) is 0 Å².